The number of hydrogen-bond donors (Lipinski definition) is 1. The number of nitrogens with one attached hydrogen (secondary N) is 1. The predicted molar refractivity (Wildman–Crippen MR) is 84.4 cm³/mol. The summed E-state index contributed by atoms with van der Waals surface area (Å²) in [6, 6.07) is 9.41. The molecule has 3 aromatic rings. The fourth-order valence-corrected chi connectivity index (χ4v) is 3.26. The zero-order valence-electron chi connectivity index (χ0n) is 12.8. The number of hydrogen-bond acceptors (Lipinski definition) is 5. The Balaban J connectivity index is 1.77. The fourth-order valence-electron chi connectivity index (χ4n) is 2.25. The summed E-state index contributed by atoms with van der Waals surface area (Å²) in [5.41, 5.74) is 0.733. The maximum absolute atomic E-state index is 12.2. The minimum atomic E-state index is -3.69. The van der Waals surface area contributed by atoms with Gasteiger partial charge >= 0.3 is 0 Å². The minimum absolute atomic E-state index is 0.0283. The first-order chi connectivity index (χ1) is 11.0. The summed E-state index contributed by atoms with van der Waals surface area (Å²) in [5.74, 6) is 0.567. The van der Waals surface area contributed by atoms with E-state index in [-0.39, 0.29) is 11.6 Å². The first-order valence-corrected chi connectivity index (χ1v) is 8.47. The zero-order valence-corrected chi connectivity index (χ0v) is 13.6. The number of furan rings is 1. The number of rotatable bonds is 6. The molecule has 0 fully saturated rings. The molecule has 0 bridgehead atoms. The van der Waals surface area contributed by atoms with Gasteiger partial charge in [-0.1, -0.05) is 18.2 Å². The van der Waals surface area contributed by atoms with Crippen LogP contribution in [0.2, 0.25) is 0 Å². The van der Waals surface area contributed by atoms with Gasteiger partial charge in [0.1, 0.15) is 17.4 Å². The minimum Gasteiger partial charge on any atom is -0.458 e. The first-order valence-electron chi connectivity index (χ1n) is 6.98. The molecule has 0 saturated carbocycles. The van der Waals surface area contributed by atoms with Crippen molar-refractivity contribution in [1.82, 2.24) is 14.3 Å². The summed E-state index contributed by atoms with van der Waals surface area (Å²) < 4.78 is 39.5. The summed E-state index contributed by atoms with van der Waals surface area (Å²) in [4.78, 5) is 3.85. The summed E-state index contributed by atoms with van der Waals surface area (Å²) in [6.45, 7) is 0.0508. The van der Waals surface area contributed by atoms with Crippen molar-refractivity contribution in [1.29, 1.82) is 0 Å². The number of methoxy groups -OCH3 is 1. The van der Waals surface area contributed by atoms with Crippen LogP contribution in [0, 0.1) is 0 Å². The highest BCUT2D eigenvalue weighted by atomic mass is 32.2. The van der Waals surface area contributed by atoms with E-state index < -0.39 is 16.1 Å². The lowest BCUT2D eigenvalue weighted by atomic mass is 10.2. The second-order valence-corrected chi connectivity index (χ2v) is 6.85. The van der Waals surface area contributed by atoms with Crippen molar-refractivity contribution >= 4 is 21.0 Å². The Morgan fingerprint density at radius 1 is 1.39 bits per heavy atom. The molecule has 0 spiro atoms. The Morgan fingerprint density at radius 2 is 2.17 bits per heavy atom. The molecule has 0 aliphatic carbocycles. The molecule has 0 aliphatic heterocycles. The number of para-hydroxylation sites is 1. The zero-order chi connectivity index (χ0) is 16.4. The third-order valence-corrected chi connectivity index (χ3v) is 4.77. The van der Waals surface area contributed by atoms with Gasteiger partial charge in [0.25, 0.3) is 10.0 Å². The van der Waals surface area contributed by atoms with Crippen LogP contribution in [0.3, 0.4) is 0 Å². The summed E-state index contributed by atoms with van der Waals surface area (Å²) in [7, 11) is -0.473. The third-order valence-electron chi connectivity index (χ3n) is 3.46. The van der Waals surface area contributed by atoms with E-state index in [4.69, 9.17) is 9.15 Å². The first kappa shape index (κ1) is 15.7. The van der Waals surface area contributed by atoms with Crippen molar-refractivity contribution < 1.29 is 17.6 Å². The summed E-state index contributed by atoms with van der Waals surface area (Å²) >= 11 is 0. The molecule has 23 heavy (non-hydrogen) atoms. The Labute approximate surface area is 133 Å². The van der Waals surface area contributed by atoms with E-state index in [1.807, 2.05) is 30.3 Å². The lowest BCUT2D eigenvalue weighted by Gasteiger charge is -2.13. The Kier molecular flexibility index (Phi) is 4.20. The van der Waals surface area contributed by atoms with Crippen molar-refractivity contribution in [3.05, 3.63) is 48.6 Å². The van der Waals surface area contributed by atoms with Crippen molar-refractivity contribution in [3.8, 4) is 0 Å². The van der Waals surface area contributed by atoms with Crippen molar-refractivity contribution in [2.75, 3.05) is 13.7 Å². The maximum Gasteiger partial charge on any atom is 0.259 e. The average molecular weight is 335 g/mol. The van der Waals surface area contributed by atoms with E-state index in [2.05, 4.69) is 9.71 Å². The van der Waals surface area contributed by atoms with E-state index in [0.29, 0.717) is 5.76 Å². The van der Waals surface area contributed by atoms with Crippen molar-refractivity contribution in [2.45, 2.75) is 11.1 Å². The lowest BCUT2D eigenvalue weighted by Crippen LogP contribution is -2.29. The van der Waals surface area contributed by atoms with E-state index in [1.165, 1.54) is 19.6 Å². The van der Waals surface area contributed by atoms with Crippen LogP contribution in [-0.2, 0) is 21.8 Å². The van der Waals surface area contributed by atoms with Gasteiger partial charge in [0.05, 0.1) is 6.33 Å². The van der Waals surface area contributed by atoms with E-state index in [1.54, 1.807) is 11.6 Å². The molecule has 1 aromatic carbocycles. The molecule has 0 amide bonds. The monoisotopic (exact) mass is 335 g/mol. The van der Waals surface area contributed by atoms with Crippen LogP contribution in [0.5, 0.6) is 0 Å². The van der Waals surface area contributed by atoms with Crippen LogP contribution in [0.25, 0.3) is 11.0 Å². The number of ether oxygens (including phenoxy) is 1. The van der Waals surface area contributed by atoms with Gasteiger partial charge in [-0.2, -0.15) is 0 Å². The molecular formula is C15H17N3O4S. The number of nitrogens with zero attached hydrogens (tertiary/aromatic N) is 2. The van der Waals surface area contributed by atoms with Gasteiger partial charge in [-0.15, -0.1) is 0 Å². The molecule has 0 saturated heterocycles. The molecule has 1 atom stereocenters. The molecule has 2 heterocycles. The normalized spacial score (nSPS) is 13.5. The van der Waals surface area contributed by atoms with Crippen LogP contribution in [0.15, 0.2) is 52.3 Å². The highest BCUT2D eigenvalue weighted by Crippen LogP contribution is 2.25. The quantitative estimate of drug-likeness (QED) is 0.743. The SMILES string of the molecule is CO[C@H](CNS(=O)(=O)c1cn(C)cn1)c1cc2ccccc2o1. The molecule has 3 rings (SSSR count). The number of aryl methyl sites for hydroxylation is 1. The van der Waals surface area contributed by atoms with Gasteiger partial charge < -0.3 is 13.7 Å². The Morgan fingerprint density at radius 3 is 2.83 bits per heavy atom. The van der Waals surface area contributed by atoms with E-state index >= 15 is 0 Å². The van der Waals surface area contributed by atoms with Crippen LogP contribution < -0.4 is 4.72 Å². The van der Waals surface area contributed by atoms with Gasteiger partial charge in [0.2, 0.25) is 0 Å². The lowest BCUT2D eigenvalue weighted by molar-refractivity contribution is 0.0893. The summed E-state index contributed by atoms with van der Waals surface area (Å²) in [6.07, 6.45) is 2.34. The number of imidazole rings is 1. The second-order valence-electron chi connectivity index (χ2n) is 5.14. The molecular weight excluding hydrogens is 318 g/mol. The van der Waals surface area contributed by atoms with Gasteiger partial charge in [-0.05, 0) is 12.1 Å². The number of aromatic nitrogens is 2. The molecule has 8 heteroatoms. The molecule has 1 N–H and O–H groups in total. The largest absolute Gasteiger partial charge is 0.458 e. The maximum atomic E-state index is 12.2. The topological polar surface area (TPSA) is 86.4 Å². The van der Waals surface area contributed by atoms with Crippen LogP contribution in [-0.4, -0.2) is 31.6 Å². The van der Waals surface area contributed by atoms with Crippen molar-refractivity contribution in [2.24, 2.45) is 7.05 Å². The van der Waals surface area contributed by atoms with E-state index in [0.717, 1.165) is 11.0 Å². The van der Waals surface area contributed by atoms with Crippen LogP contribution in [0.4, 0.5) is 0 Å². The van der Waals surface area contributed by atoms with Gasteiger partial charge in [-0.25, -0.2) is 18.1 Å². The molecule has 0 aliphatic rings. The highest BCUT2D eigenvalue weighted by Gasteiger charge is 2.22. The average Bonchev–Trinajstić information content (AvgIpc) is 3.14. The van der Waals surface area contributed by atoms with Crippen LogP contribution >= 0.6 is 0 Å². The predicted octanol–water partition coefficient (Wildman–Crippen LogP) is 1.83. The molecule has 0 radical (unpaired) electrons. The number of benzene rings is 1. The molecule has 7 nitrogen and oxygen atoms in total. The molecule has 122 valence electrons. The van der Waals surface area contributed by atoms with Crippen LogP contribution in [0.1, 0.15) is 11.9 Å². The molecule has 2 aromatic heterocycles. The number of sulfonamides is 1. The van der Waals surface area contributed by atoms with E-state index in [9.17, 15) is 8.42 Å². The second kappa shape index (κ2) is 6.15. The van der Waals surface area contributed by atoms with Gasteiger partial charge in [-0.3, -0.25) is 0 Å². The number of fused-ring (bicyclic) bond motifs is 1. The smallest absolute Gasteiger partial charge is 0.259 e. The molecule has 0 unspecified atom stereocenters. The standard InChI is InChI=1S/C15H17N3O4S/c1-18-9-15(16-10-18)23(19,20)17-8-14(21-2)13-7-11-5-3-4-6-12(11)22-13/h3-7,9-10,14,17H,8H2,1-2H3/t14-/m1/s1. The van der Waals surface area contributed by atoms with Gasteiger partial charge in [0.15, 0.2) is 5.03 Å². The Bertz CT molecular complexity index is 881. The highest BCUT2D eigenvalue weighted by molar-refractivity contribution is 7.89. The van der Waals surface area contributed by atoms with Crippen molar-refractivity contribution in [3.63, 3.8) is 0 Å². The Hall–Kier alpha value is -2.16. The summed E-state index contributed by atoms with van der Waals surface area (Å²) in [5, 5.41) is 0.914. The fraction of sp³-hybridized carbons (Fsp3) is 0.267. The third kappa shape index (κ3) is 3.29. The van der Waals surface area contributed by atoms with Gasteiger partial charge in [0, 0.05) is 32.3 Å².